The van der Waals surface area contributed by atoms with E-state index in [-0.39, 0.29) is 11.7 Å². The number of fused-ring (bicyclic) bond motifs is 1. The van der Waals surface area contributed by atoms with E-state index in [0.717, 1.165) is 27.4 Å². The Kier molecular flexibility index (Phi) is 7.23. The number of halogens is 1. The maximum atomic E-state index is 14.2. The molecule has 39 heavy (non-hydrogen) atoms. The number of furan rings is 1. The molecule has 1 aliphatic heterocycles. The van der Waals surface area contributed by atoms with Crippen molar-refractivity contribution in [3.63, 3.8) is 0 Å². The summed E-state index contributed by atoms with van der Waals surface area (Å²) in [5, 5.41) is 2.94. The average molecular weight is 542 g/mol. The number of piperazine rings is 1. The normalized spacial score (nSPS) is 13.7. The Hall–Kier alpha value is -4.24. The van der Waals surface area contributed by atoms with Gasteiger partial charge in [0.15, 0.2) is 5.82 Å². The lowest BCUT2D eigenvalue weighted by molar-refractivity contribution is -0.131. The van der Waals surface area contributed by atoms with Crippen molar-refractivity contribution in [1.29, 1.82) is 0 Å². The van der Waals surface area contributed by atoms with E-state index in [2.05, 4.69) is 4.90 Å². The van der Waals surface area contributed by atoms with Gasteiger partial charge in [0, 0.05) is 44.5 Å². The summed E-state index contributed by atoms with van der Waals surface area (Å²) >= 11 is 1.60. The van der Waals surface area contributed by atoms with Gasteiger partial charge in [-0.05, 0) is 47.8 Å². The Morgan fingerprint density at radius 2 is 1.77 bits per heavy atom. The van der Waals surface area contributed by atoms with Gasteiger partial charge in [-0.25, -0.2) is 14.4 Å². The minimum atomic E-state index is -0.232. The maximum Gasteiger partial charge on any atom is 0.224 e. The highest BCUT2D eigenvalue weighted by molar-refractivity contribution is 7.13. The van der Waals surface area contributed by atoms with Gasteiger partial charge in [-0.15, -0.1) is 11.3 Å². The Morgan fingerprint density at radius 1 is 0.949 bits per heavy atom. The van der Waals surface area contributed by atoms with Crippen molar-refractivity contribution in [2.24, 2.45) is 0 Å². The number of nitrogens with zero attached hydrogens (tertiary/aromatic N) is 5. The monoisotopic (exact) mass is 541 g/mol. The summed E-state index contributed by atoms with van der Waals surface area (Å²) in [5.41, 5.74) is 1.44. The lowest BCUT2D eigenvalue weighted by atomic mass is 10.2. The molecular formula is C30H28FN5O2S. The van der Waals surface area contributed by atoms with Crippen LogP contribution >= 0.6 is 11.3 Å². The molecule has 198 valence electrons. The number of carbonyl (C=O) groups excluding carboxylic acids is 1. The van der Waals surface area contributed by atoms with Crippen molar-refractivity contribution in [3.05, 3.63) is 96.0 Å². The minimum Gasteiger partial charge on any atom is -0.467 e. The standard InChI is InChI=1S/C30H28FN5O2S/c31-24-9-2-4-11-26(24)34-15-17-35(18-16-34)28(37)13-14-36(21-22-7-5-19-38-22)30-23-8-1-3-10-25(23)32-29(33-30)27-12-6-20-39-27/h1-12,19-20H,13-18,21H2. The van der Waals surface area contributed by atoms with Gasteiger partial charge in [-0.1, -0.05) is 30.3 Å². The minimum absolute atomic E-state index is 0.0736. The molecule has 2 aromatic carbocycles. The fourth-order valence-corrected chi connectivity index (χ4v) is 5.62. The van der Waals surface area contributed by atoms with Crippen molar-refractivity contribution in [2.45, 2.75) is 13.0 Å². The molecule has 7 nitrogen and oxygen atoms in total. The number of anilines is 2. The summed E-state index contributed by atoms with van der Waals surface area (Å²) in [6.07, 6.45) is 1.98. The first-order valence-corrected chi connectivity index (χ1v) is 13.9. The van der Waals surface area contributed by atoms with Crippen LogP contribution in [0.4, 0.5) is 15.9 Å². The van der Waals surface area contributed by atoms with Crippen LogP contribution in [-0.2, 0) is 11.3 Å². The van der Waals surface area contributed by atoms with Crippen molar-refractivity contribution in [1.82, 2.24) is 14.9 Å². The van der Waals surface area contributed by atoms with Crippen LogP contribution in [0.3, 0.4) is 0 Å². The van der Waals surface area contributed by atoms with Gasteiger partial charge in [-0.3, -0.25) is 4.79 Å². The number of rotatable bonds is 8. The van der Waals surface area contributed by atoms with Gasteiger partial charge in [0.25, 0.3) is 0 Å². The molecule has 0 N–H and O–H groups in total. The number of carbonyl (C=O) groups is 1. The fraction of sp³-hybridized carbons (Fsp3) is 0.233. The number of hydrogen-bond acceptors (Lipinski definition) is 7. The quantitative estimate of drug-likeness (QED) is 0.246. The predicted octanol–water partition coefficient (Wildman–Crippen LogP) is 5.84. The third-order valence-electron chi connectivity index (χ3n) is 6.97. The summed E-state index contributed by atoms with van der Waals surface area (Å²) in [6, 6.07) is 22.5. The van der Waals surface area contributed by atoms with Gasteiger partial charge in [0.2, 0.25) is 5.91 Å². The zero-order chi connectivity index (χ0) is 26.6. The Bertz CT molecular complexity index is 1550. The van der Waals surface area contributed by atoms with Gasteiger partial charge in [0.05, 0.1) is 28.9 Å². The van der Waals surface area contributed by atoms with E-state index in [0.29, 0.717) is 57.2 Å². The van der Waals surface area contributed by atoms with Crippen molar-refractivity contribution in [3.8, 4) is 10.7 Å². The average Bonchev–Trinajstić information content (AvgIpc) is 3.70. The van der Waals surface area contributed by atoms with E-state index in [9.17, 15) is 9.18 Å². The highest BCUT2D eigenvalue weighted by Crippen LogP contribution is 2.30. The van der Waals surface area contributed by atoms with E-state index >= 15 is 0 Å². The molecular weight excluding hydrogens is 513 g/mol. The highest BCUT2D eigenvalue weighted by Gasteiger charge is 2.24. The predicted molar refractivity (Wildman–Crippen MR) is 152 cm³/mol. The molecule has 0 spiro atoms. The second kappa shape index (κ2) is 11.2. The molecule has 0 aliphatic carbocycles. The fourth-order valence-electron chi connectivity index (χ4n) is 4.96. The number of benzene rings is 2. The number of para-hydroxylation sites is 2. The molecule has 9 heteroatoms. The first-order valence-electron chi connectivity index (χ1n) is 13.0. The van der Waals surface area contributed by atoms with Crippen LogP contribution in [0.1, 0.15) is 12.2 Å². The van der Waals surface area contributed by atoms with Gasteiger partial charge in [0.1, 0.15) is 17.4 Å². The largest absolute Gasteiger partial charge is 0.467 e. The number of aromatic nitrogens is 2. The van der Waals surface area contributed by atoms with E-state index in [1.165, 1.54) is 6.07 Å². The van der Waals surface area contributed by atoms with Crippen LogP contribution in [-0.4, -0.2) is 53.5 Å². The summed E-state index contributed by atoms with van der Waals surface area (Å²) in [5.74, 6) is 2.08. The molecule has 0 atom stereocenters. The zero-order valence-corrected chi connectivity index (χ0v) is 22.2. The van der Waals surface area contributed by atoms with Gasteiger partial charge in [-0.2, -0.15) is 0 Å². The SMILES string of the molecule is O=C(CCN(Cc1ccco1)c1nc(-c2cccs2)nc2ccccc12)N1CCN(c2ccccc2F)CC1. The first-order chi connectivity index (χ1) is 19.2. The summed E-state index contributed by atoms with van der Waals surface area (Å²) in [4.78, 5) is 30.1. The number of amides is 1. The second-order valence-corrected chi connectivity index (χ2v) is 10.4. The molecule has 0 unspecified atom stereocenters. The van der Waals surface area contributed by atoms with Crippen LogP contribution in [0.2, 0.25) is 0 Å². The van der Waals surface area contributed by atoms with Gasteiger partial charge < -0.3 is 19.1 Å². The molecule has 0 radical (unpaired) electrons. The lowest BCUT2D eigenvalue weighted by Crippen LogP contribution is -2.49. The molecule has 3 aromatic heterocycles. The zero-order valence-electron chi connectivity index (χ0n) is 21.4. The molecule has 1 saturated heterocycles. The summed E-state index contributed by atoms with van der Waals surface area (Å²) in [7, 11) is 0. The van der Waals surface area contributed by atoms with Crippen LogP contribution in [0.15, 0.2) is 88.9 Å². The Morgan fingerprint density at radius 3 is 2.54 bits per heavy atom. The summed E-state index contributed by atoms with van der Waals surface area (Å²) < 4.78 is 19.9. The molecule has 1 aliphatic rings. The Labute approximate surface area is 230 Å². The maximum absolute atomic E-state index is 14.2. The number of hydrogen-bond donors (Lipinski definition) is 0. The molecule has 4 heterocycles. The Balaban J connectivity index is 1.21. The first kappa shape index (κ1) is 25.1. The molecule has 5 aromatic rings. The van der Waals surface area contributed by atoms with E-state index < -0.39 is 0 Å². The summed E-state index contributed by atoms with van der Waals surface area (Å²) in [6.45, 7) is 3.27. The van der Waals surface area contributed by atoms with E-state index in [1.807, 2.05) is 69.8 Å². The third kappa shape index (κ3) is 5.49. The van der Waals surface area contributed by atoms with E-state index in [1.54, 1.807) is 29.7 Å². The van der Waals surface area contributed by atoms with Crippen molar-refractivity contribution in [2.75, 3.05) is 42.5 Å². The third-order valence-corrected chi connectivity index (χ3v) is 7.84. The molecule has 1 fully saturated rings. The molecule has 0 saturated carbocycles. The topological polar surface area (TPSA) is 65.7 Å². The second-order valence-electron chi connectivity index (χ2n) is 9.44. The van der Waals surface area contributed by atoms with Crippen molar-refractivity contribution < 1.29 is 13.6 Å². The van der Waals surface area contributed by atoms with Gasteiger partial charge >= 0.3 is 0 Å². The van der Waals surface area contributed by atoms with Crippen LogP contribution < -0.4 is 9.80 Å². The highest BCUT2D eigenvalue weighted by atomic mass is 32.1. The molecule has 0 bridgehead atoms. The van der Waals surface area contributed by atoms with E-state index in [4.69, 9.17) is 14.4 Å². The molecule has 6 rings (SSSR count). The smallest absolute Gasteiger partial charge is 0.224 e. The number of thiophene rings is 1. The van der Waals surface area contributed by atoms with Crippen LogP contribution in [0.25, 0.3) is 21.6 Å². The van der Waals surface area contributed by atoms with Crippen molar-refractivity contribution >= 4 is 39.7 Å². The lowest BCUT2D eigenvalue weighted by Gasteiger charge is -2.36. The van der Waals surface area contributed by atoms with Crippen LogP contribution in [0, 0.1) is 5.82 Å². The van der Waals surface area contributed by atoms with Crippen LogP contribution in [0.5, 0.6) is 0 Å². The molecule has 1 amide bonds.